The summed E-state index contributed by atoms with van der Waals surface area (Å²) in [5, 5.41) is 23.7. The zero-order valence-electron chi connectivity index (χ0n) is 10.5. The number of aromatic amines is 3. The molecule has 0 radical (unpaired) electrons. The Balaban J connectivity index is 2.14. The molecule has 0 aliphatic rings. The second kappa shape index (κ2) is 5.28. The van der Waals surface area contributed by atoms with Gasteiger partial charge < -0.3 is 10.1 Å². The van der Waals surface area contributed by atoms with Crippen LogP contribution in [0.1, 0.15) is 0 Å². The number of azo groups is 1. The molecule has 22 heavy (non-hydrogen) atoms. The van der Waals surface area contributed by atoms with Crippen LogP contribution in [-0.4, -0.2) is 25.3 Å². The van der Waals surface area contributed by atoms with E-state index < -0.39 is 11.2 Å². The summed E-state index contributed by atoms with van der Waals surface area (Å²) in [5.74, 6) is -0.676. The van der Waals surface area contributed by atoms with Crippen molar-refractivity contribution in [2.45, 2.75) is 0 Å². The maximum Gasteiger partial charge on any atom is 0.342 e. The molecular formula is C11H6Cl2N6O3. The Morgan fingerprint density at radius 3 is 2.64 bits per heavy atom. The number of aromatic hydroxyl groups is 1. The molecule has 1 aromatic carbocycles. The van der Waals surface area contributed by atoms with E-state index in [1.54, 1.807) is 0 Å². The minimum atomic E-state index is -0.817. The lowest BCUT2D eigenvalue weighted by Crippen LogP contribution is -2.22. The largest absolute Gasteiger partial charge is 0.493 e. The standard InChI is InChI=1S/C11H6Cl2N6O3/c12-3-1-4-6(5(13)2-3)14-9(20)7(4)16-17-8-10(21)15-11(22)19-18-8/h1-2,14,20H,(H2,15,19,21,22). The summed E-state index contributed by atoms with van der Waals surface area (Å²) >= 11 is 11.9. The van der Waals surface area contributed by atoms with Crippen molar-refractivity contribution in [3.05, 3.63) is 43.0 Å². The topological polar surface area (TPSA) is 139 Å². The molecule has 0 amide bonds. The summed E-state index contributed by atoms with van der Waals surface area (Å²) in [6.07, 6.45) is 0. The number of halogens is 2. The maximum absolute atomic E-state index is 11.5. The van der Waals surface area contributed by atoms with Crippen LogP contribution in [0.3, 0.4) is 0 Å². The third-order valence-electron chi connectivity index (χ3n) is 2.72. The van der Waals surface area contributed by atoms with E-state index in [-0.39, 0.29) is 17.4 Å². The van der Waals surface area contributed by atoms with Crippen LogP contribution in [0.2, 0.25) is 10.0 Å². The van der Waals surface area contributed by atoms with Crippen LogP contribution in [0.15, 0.2) is 32.0 Å². The van der Waals surface area contributed by atoms with Gasteiger partial charge in [0.05, 0.1) is 10.5 Å². The van der Waals surface area contributed by atoms with E-state index in [2.05, 4.69) is 20.3 Å². The van der Waals surface area contributed by atoms with E-state index in [1.165, 1.54) is 12.1 Å². The number of H-pyrrole nitrogens is 3. The molecule has 9 nitrogen and oxygen atoms in total. The van der Waals surface area contributed by atoms with Crippen LogP contribution < -0.4 is 11.2 Å². The SMILES string of the molecule is O=c1[nH]nc(N=Nc2c(O)[nH]c3c(Cl)cc(Cl)cc23)c(=O)[nH]1. The number of hydrogen-bond acceptors (Lipinski definition) is 6. The molecule has 112 valence electrons. The highest BCUT2D eigenvalue weighted by atomic mass is 35.5. The first-order chi connectivity index (χ1) is 10.5. The third kappa shape index (κ3) is 2.47. The number of rotatable bonds is 2. The molecule has 2 heterocycles. The van der Waals surface area contributed by atoms with Gasteiger partial charge in [0.1, 0.15) is 0 Å². The van der Waals surface area contributed by atoms with Crippen molar-refractivity contribution < 1.29 is 5.11 Å². The van der Waals surface area contributed by atoms with E-state index in [0.717, 1.165) is 0 Å². The Hall–Kier alpha value is -2.65. The highest BCUT2D eigenvalue weighted by molar-refractivity contribution is 6.38. The van der Waals surface area contributed by atoms with Crippen molar-refractivity contribution in [1.29, 1.82) is 0 Å². The molecule has 0 saturated carbocycles. The van der Waals surface area contributed by atoms with Gasteiger partial charge in [-0.05, 0) is 12.1 Å². The normalized spacial score (nSPS) is 11.5. The van der Waals surface area contributed by atoms with Gasteiger partial charge in [-0.1, -0.05) is 23.2 Å². The fourth-order valence-corrected chi connectivity index (χ4v) is 2.34. The van der Waals surface area contributed by atoms with Crippen molar-refractivity contribution in [3.8, 4) is 5.88 Å². The molecule has 0 spiro atoms. The summed E-state index contributed by atoms with van der Waals surface area (Å²) < 4.78 is 0. The average Bonchev–Trinajstić information content (AvgIpc) is 2.75. The third-order valence-corrected chi connectivity index (χ3v) is 3.23. The van der Waals surface area contributed by atoms with E-state index in [1.807, 2.05) is 10.1 Å². The first-order valence-corrected chi connectivity index (χ1v) is 6.51. The number of nitrogens with one attached hydrogen (secondary N) is 3. The minimum Gasteiger partial charge on any atom is -0.493 e. The van der Waals surface area contributed by atoms with Crippen molar-refractivity contribution in [2.75, 3.05) is 0 Å². The molecule has 11 heteroatoms. The molecule has 0 unspecified atom stereocenters. The Morgan fingerprint density at radius 1 is 1.14 bits per heavy atom. The molecule has 0 aliphatic heterocycles. The zero-order chi connectivity index (χ0) is 15.9. The minimum absolute atomic E-state index is 0.0341. The van der Waals surface area contributed by atoms with E-state index >= 15 is 0 Å². The molecule has 0 saturated heterocycles. The van der Waals surface area contributed by atoms with Crippen LogP contribution >= 0.6 is 23.2 Å². The smallest absolute Gasteiger partial charge is 0.342 e. The molecule has 3 rings (SSSR count). The molecule has 0 fully saturated rings. The second-order valence-corrected chi connectivity index (χ2v) is 5.01. The van der Waals surface area contributed by atoms with E-state index in [9.17, 15) is 14.7 Å². The number of fused-ring (bicyclic) bond motifs is 1. The quantitative estimate of drug-likeness (QED) is 0.531. The van der Waals surface area contributed by atoms with Gasteiger partial charge >= 0.3 is 11.2 Å². The fraction of sp³-hybridized carbons (Fsp3) is 0. The Labute approximate surface area is 130 Å². The number of aromatic nitrogens is 4. The summed E-state index contributed by atoms with van der Waals surface area (Å²) in [7, 11) is 0. The van der Waals surface area contributed by atoms with Gasteiger partial charge in [-0.2, -0.15) is 0 Å². The van der Waals surface area contributed by atoms with Crippen LogP contribution in [0.25, 0.3) is 10.9 Å². The second-order valence-electron chi connectivity index (χ2n) is 4.16. The number of benzene rings is 1. The Morgan fingerprint density at radius 2 is 1.91 bits per heavy atom. The first kappa shape index (κ1) is 14.3. The molecule has 3 aromatic rings. The van der Waals surface area contributed by atoms with Gasteiger partial charge in [0.15, 0.2) is 5.69 Å². The monoisotopic (exact) mass is 340 g/mol. The summed E-state index contributed by atoms with van der Waals surface area (Å²) in [6, 6.07) is 3.02. The highest BCUT2D eigenvalue weighted by Crippen LogP contribution is 2.40. The summed E-state index contributed by atoms with van der Waals surface area (Å²) in [4.78, 5) is 26.9. The Kier molecular flexibility index (Phi) is 3.43. The maximum atomic E-state index is 11.5. The van der Waals surface area contributed by atoms with Crippen LogP contribution in [0.5, 0.6) is 5.88 Å². The molecule has 0 aliphatic carbocycles. The summed E-state index contributed by atoms with van der Waals surface area (Å²) in [6.45, 7) is 0. The average molecular weight is 341 g/mol. The fourth-order valence-electron chi connectivity index (χ4n) is 1.80. The molecule has 2 aromatic heterocycles. The predicted octanol–water partition coefficient (Wildman–Crippen LogP) is 2.37. The van der Waals surface area contributed by atoms with Gasteiger partial charge in [-0.25, -0.2) is 9.89 Å². The van der Waals surface area contributed by atoms with Gasteiger partial charge in [0.25, 0.3) is 5.82 Å². The van der Waals surface area contributed by atoms with Gasteiger partial charge in [0.2, 0.25) is 5.88 Å². The van der Waals surface area contributed by atoms with Crippen LogP contribution in [0.4, 0.5) is 11.5 Å². The van der Waals surface area contributed by atoms with Crippen molar-refractivity contribution in [1.82, 2.24) is 20.2 Å². The lowest BCUT2D eigenvalue weighted by molar-refractivity contribution is 0.459. The number of nitrogens with zero attached hydrogens (tertiary/aromatic N) is 3. The predicted molar refractivity (Wildman–Crippen MR) is 79.6 cm³/mol. The molecule has 0 atom stereocenters. The summed E-state index contributed by atoms with van der Waals surface area (Å²) in [5.41, 5.74) is -1.13. The zero-order valence-corrected chi connectivity index (χ0v) is 12.0. The molecule has 4 N–H and O–H groups in total. The van der Waals surface area contributed by atoms with Crippen molar-refractivity contribution >= 4 is 45.6 Å². The Bertz CT molecular complexity index is 1020. The van der Waals surface area contributed by atoms with Crippen molar-refractivity contribution in [2.24, 2.45) is 10.2 Å². The number of hydrogen-bond donors (Lipinski definition) is 4. The van der Waals surface area contributed by atoms with E-state index in [4.69, 9.17) is 23.2 Å². The molecule has 0 bridgehead atoms. The van der Waals surface area contributed by atoms with Gasteiger partial charge in [-0.15, -0.1) is 15.3 Å². The lowest BCUT2D eigenvalue weighted by Gasteiger charge is -1.95. The first-order valence-electron chi connectivity index (χ1n) is 5.76. The highest BCUT2D eigenvalue weighted by Gasteiger charge is 2.14. The van der Waals surface area contributed by atoms with Crippen LogP contribution in [-0.2, 0) is 0 Å². The van der Waals surface area contributed by atoms with E-state index in [0.29, 0.717) is 20.9 Å². The van der Waals surface area contributed by atoms with Gasteiger partial charge in [-0.3, -0.25) is 9.78 Å². The van der Waals surface area contributed by atoms with Crippen molar-refractivity contribution in [3.63, 3.8) is 0 Å². The molecular weight excluding hydrogens is 335 g/mol. The van der Waals surface area contributed by atoms with Gasteiger partial charge in [0, 0.05) is 10.4 Å². The van der Waals surface area contributed by atoms with Crippen LogP contribution in [0, 0.1) is 0 Å². The lowest BCUT2D eigenvalue weighted by atomic mass is 10.2.